The molecule has 2 aromatic carbocycles. The molecule has 3 rings (SSSR count). The van der Waals surface area contributed by atoms with E-state index in [0.717, 1.165) is 3.57 Å². The molecular formula is C14H10INO3. The Bertz CT molecular complexity index is 642. The summed E-state index contributed by atoms with van der Waals surface area (Å²) < 4.78 is 11.4. The minimum atomic E-state index is -0.135. The molecule has 2 aromatic rings. The number of hydrogen-bond donors (Lipinski definition) is 1. The first kappa shape index (κ1) is 12.3. The van der Waals surface area contributed by atoms with Crippen molar-refractivity contribution in [2.45, 2.75) is 0 Å². The lowest BCUT2D eigenvalue weighted by Crippen LogP contribution is -2.13. The van der Waals surface area contributed by atoms with Crippen molar-refractivity contribution in [1.29, 1.82) is 0 Å². The normalized spacial score (nSPS) is 12.3. The largest absolute Gasteiger partial charge is 0.454 e. The van der Waals surface area contributed by atoms with E-state index in [2.05, 4.69) is 27.9 Å². The highest BCUT2D eigenvalue weighted by Crippen LogP contribution is 2.34. The van der Waals surface area contributed by atoms with Crippen LogP contribution in [0.2, 0.25) is 0 Å². The molecule has 0 bridgehead atoms. The van der Waals surface area contributed by atoms with Gasteiger partial charge in [-0.05, 0) is 46.9 Å². The monoisotopic (exact) mass is 367 g/mol. The molecular weight excluding hydrogens is 357 g/mol. The quantitative estimate of drug-likeness (QED) is 0.829. The average Bonchev–Trinajstić information content (AvgIpc) is 2.86. The molecule has 0 saturated carbocycles. The van der Waals surface area contributed by atoms with Crippen LogP contribution in [0.1, 0.15) is 10.4 Å². The highest BCUT2D eigenvalue weighted by molar-refractivity contribution is 14.1. The smallest absolute Gasteiger partial charge is 0.256 e. The summed E-state index contributed by atoms with van der Waals surface area (Å²) in [6.45, 7) is 0.226. The molecule has 0 spiro atoms. The third-order valence-corrected chi connectivity index (χ3v) is 3.69. The van der Waals surface area contributed by atoms with E-state index >= 15 is 0 Å². The van der Waals surface area contributed by atoms with Gasteiger partial charge in [0.25, 0.3) is 5.91 Å². The van der Waals surface area contributed by atoms with Gasteiger partial charge in [0.2, 0.25) is 6.79 Å². The number of nitrogens with one attached hydrogen (secondary N) is 1. The number of amides is 1. The van der Waals surface area contributed by atoms with Crippen molar-refractivity contribution in [3.8, 4) is 11.5 Å². The van der Waals surface area contributed by atoms with Crippen molar-refractivity contribution in [1.82, 2.24) is 0 Å². The van der Waals surface area contributed by atoms with E-state index in [4.69, 9.17) is 9.47 Å². The zero-order valence-electron chi connectivity index (χ0n) is 9.85. The van der Waals surface area contributed by atoms with Gasteiger partial charge in [0.15, 0.2) is 11.5 Å². The number of carbonyl (C=O) groups excluding carboxylic acids is 1. The molecule has 0 radical (unpaired) electrons. The summed E-state index contributed by atoms with van der Waals surface area (Å²) in [6.07, 6.45) is 0. The van der Waals surface area contributed by atoms with Crippen LogP contribution < -0.4 is 14.8 Å². The van der Waals surface area contributed by atoms with Gasteiger partial charge in [-0.25, -0.2) is 0 Å². The molecule has 1 aliphatic heterocycles. The molecule has 96 valence electrons. The number of rotatable bonds is 2. The second-order valence-corrected chi connectivity index (χ2v) is 5.16. The van der Waals surface area contributed by atoms with E-state index in [1.807, 2.05) is 18.2 Å². The van der Waals surface area contributed by atoms with E-state index in [1.165, 1.54) is 0 Å². The highest BCUT2D eigenvalue weighted by atomic mass is 127. The Hall–Kier alpha value is -1.76. The summed E-state index contributed by atoms with van der Waals surface area (Å²) >= 11 is 2.14. The van der Waals surface area contributed by atoms with Crippen LogP contribution >= 0.6 is 22.6 Å². The number of carbonyl (C=O) groups is 1. The number of anilines is 1. The van der Waals surface area contributed by atoms with Gasteiger partial charge < -0.3 is 14.8 Å². The second kappa shape index (κ2) is 5.08. The van der Waals surface area contributed by atoms with Crippen LogP contribution in [0.5, 0.6) is 11.5 Å². The minimum absolute atomic E-state index is 0.135. The van der Waals surface area contributed by atoms with Crippen LogP contribution in [0.15, 0.2) is 42.5 Å². The zero-order chi connectivity index (χ0) is 13.2. The molecule has 0 aromatic heterocycles. The molecule has 1 amide bonds. The van der Waals surface area contributed by atoms with Crippen molar-refractivity contribution in [3.63, 3.8) is 0 Å². The number of benzene rings is 2. The van der Waals surface area contributed by atoms with Crippen LogP contribution in [0, 0.1) is 3.57 Å². The molecule has 0 unspecified atom stereocenters. The van der Waals surface area contributed by atoms with Gasteiger partial charge in [0.1, 0.15) is 0 Å². The lowest BCUT2D eigenvalue weighted by Gasteiger charge is -2.07. The maximum atomic E-state index is 12.1. The Labute approximate surface area is 123 Å². The summed E-state index contributed by atoms with van der Waals surface area (Å²) in [5, 5.41) is 2.85. The first-order valence-electron chi connectivity index (χ1n) is 5.69. The second-order valence-electron chi connectivity index (χ2n) is 4.00. The van der Waals surface area contributed by atoms with Gasteiger partial charge in [-0.15, -0.1) is 0 Å². The van der Waals surface area contributed by atoms with Gasteiger partial charge >= 0.3 is 0 Å². The Morgan fingerprint density at radius 3 is 2.74 bits per heavy atom. The minimum Gasteiger partial charge on any atom is -0.454 e. The number of hydrogen-bond acceptors (Lipinski definition) is 3. The summed E-state index contributed by atoms with van der Waals surface area (Å²) in [7, 11) is 0. The van der Waals surface area contributed by atoms with E-state index in [1.54, 1.807) is 24.3 Å². The summed E-state index contributed by atoms with van der Waals surface area (Å²) in [5.41, 5.74) is 1.34. The van der Waals surface area contributed by atoms with Crippen molar-refractivity contribution in [2.75, 3.05) is 12.1 Å². The molecule has 1 heterocycles. The van der Waals surface area contributed by atoms with Crippen molar-refractivity contribution in [3.05, 3.63) is 51.6 Å². The summed E-state index contributed by atoms with van der Waals surface area (Å²) in [5.74, 6) is 1.22. The van der Waals surface area contributed by atoms with Gasteiger partial charge in [-0.1, -0.05) is 12.1 Å². The zero-order valence-corrected chi connectivity index (χ0v) is 12.0. The molecule has 0 aliphatic carbocycles. The molecule has 1 aliphatic rings. The fraction of sp³-hybridized carbons (Fsp3) is 0.0714. The lowest BCUT2D eigenvalue weighted by molar-refractivity contribution is 0.102. The topological polar surface area (TPSA) is 47.6 Å². The van der Waals surface area contributed by atoms with Gasteiger partial charge in [-0.3, -0.25) is 4.79 Å². The van der Waals surface area contributed by atoms with Gasteiger partial charge in [0, 0.05) is 15.3 Å². The molecule has 19 heavy (non-hydrogen) atoms. The van der Waals surface area contributed by atoms with Crippen LogP contribution in [0.3, 0.4) is 0 Å². The molecule has 4 nitrogen and oxygen atoms in total. The Balaban J connectivity index is 1.82. The molecule has 0 atom stereocenters. The fourth-order valence-corrected chi connectivity index (χ4v) is 2.45. The summed E-state index contributed by atoms with van der Waals surface area (Å²) in [4.78, 5) is 12.1. The predicted molar refractivity (Wildman–Crippen MR) is 79.7 cm³/mol. The number of ether oxygens (including phenoxy) is 2. The predicted octanol–water partition coefficient (Wildman–Crippen LogP) is 3.27. The number of halogens is 1. The highest BCUT2D eigenvalue weighted by Gasteiger charge is 2.15. The van der Waals surface area contributed by atoms with Crippen LogP contribution in [-0.2, 0) is 0 Å². The average molecular weight is 367 g/mol. The van der Waals surface area contributed by atoms with Crippen LogP contribution in [-0.4, -0.2) is 12.7 Å². The SMILES string of the molecule is O=C(Nc1ccc2c(c1)OCO2)c1ccccc1I. The Kier molecular flexibility index (Phi) is 3.29. The van der Waals surface area contributed by atoms with Crippen molar-refractivity contribution < 1.29 is 14.3 Å². The molecule has 5 heteroatoms. The lowest BCUT2D eigenvalue weighted by atomic mass is 10.2. The van der Waals surface area contributed by atoms with Crippen molar-refractivity contribution in [2.24, 2.45) is 0 Å². The first-order chi connectivity index (χ1) is 9.24. The Morgan fingerprint density at radius 1 is 1.11 bits per heavy atom. The number of fused-ring (bicyclic) bond motifs is 1. The van der Waals surface area contributed by atoms with Crippen molar-refractivity contribution >= 4 is 34.2 Å². The Morgan fingerprint density at radius 2 is 1.89 bits per heavy atom. The van der Waals surface area contributed by atoms with Gasteiger partial charge in [-0.2, -0.15) is 0 Å². The third-order valence-electron chi connectivity index (χ3n) is 2.75. The maximum absolute atomic E-state index is 12.1. The molecule has 1 N–H and O–H groups in total. The van der Waals surface area contributed by atoms with E-state index in [-0.39, 0.29) is 12.7 Å². The first-order valence-corrected chi connectivity index (χ1v) is 6.77. The van der Waals surface area contributed by atoms with Crippen LogP contribution in [0.25, 0.3) is 0 Å². The van der Waals surface area contributed by atoms with E-state index in [0.29, 0.717) is 22.7 Å². The molecule has 0 saturated heterocycles. The van der Waals surface area contributed by atoms with E-state index in [9.17, 15) is 4.79 Å². The molecule has 0 fully saturated rings. The van der Waals surface area contributed by atoms with E-state index < -0.39 is 0 Å². The summed E-state index contributed by atoms with van der Waals surface area (Å²) in [6, 6.07) is 12.8. The maximum Gasteiger partial charge on any atom is 0.256 e. The third kappa shape index (κ3) is 2.51. The van der Waals surface area contributed by atoms with Crippen LogP contribution in [0.4, 0.5) is 5.69 Å². The fourth-order valence-electron chi connectivity index (χ4n) is 1.82. The standard InChI is InChI=1S/C14H10INO3/c15-11-4-2-1-3-10(11)14(17)16-9-5-6-12-13(7-9)19-8-18-12/h1-7H,8H2,(H,16,17). The van der Waals surface area contributed by atoms with Gasteiger partial charge in [0.05, 0.1) is 5.56 Å².